The second-order valence-corrected chi connectivity index (χ2v) is 7.84. The second-order valence-electron chi connectivity index (χ2n) is 6.78. The molecule has 0 saturated carbocycles. The number of hydrogen-bond acceptors (Lipinski definition) is 4. The molecule has 2 aromatic rings. The number of carbonyl (C=O) groups is 1. The van der Waals surface area contributed by atoms with E-state index in [2.05, 4.69) is 45.3 Å². The van der Waals surface area contributed by atoms with Crippen molar-refractivity contribution in [3.05, 3.63) is 40.2 Å². The lowest BCUT2D eigenvalue weighted by Gasteiger charge is -2.22. The summed E-state index contributed by atoms with van der Waals surface area (Å²) in [4.78, 5) is 16.5. The highest BCUT2D eigenvalue weighted by Crippen LogP contribution is 2.22. The number of carbonyl (C=O) groups excluding carboxylic acids is 1. The van der Waals surface area contributed by atoms with Crippen LogP contribution < -0.4 is 10.6 Å². The van der Waals surface area contributed by atoms with Crippen LogP contribution in [0.3, 0.4) is 0 Å². The van der Waals surface area contributed by atoms with Gasteiger partial charge in [-0.05, 0) is 57.2 Å². The lowest BCUT2D eigenvalue weighted by atomic mass is 9.93. The van der Waals surface area contributed by atoms with Gasteiger partial charge in [-0.3, -0.25) is 4.79 Å². The Morgan fingerprint density at radius 2 is 2.04 bits per heavy atom. The Morgan fingerprint density at radius 3 is 2.72 bits per heavy atom. The molecule has 0 atom stereocenters. The molecule has 1 aromatic heterocycles. The minimum Gasteiger partial charge on any atom is -0.356 e. The molecule has 5 heteroatoms. The summed E-state index contributed by atoms with van der Waals surface area (Å²) < 4.78 is 0. The standard InChI is InChI=1S/C20H27N3OS/c1-15-23-19(14-25-15)18-5-2-16(3-6-18)10-13-22-20(24)7-4-17-8-11-21-12-9-17/h2-3,5-6,14,17,21H,4,7-13H2,1H3,(H,22,24). The molecule has 0 bridgehead atoms. The van der Waals surface area contributed by atoms with E-state index < -0.39 is 0 Å². The Kier molecular flexibility index (Phi) is 6.59. The molecule has 0 unspecified atom stereocenters. The van der Waals surface area contributed by atoms with Crippen molar-refractivity contribution in [2.45, 2.75) is 39.0 Å². The lowest BCUT2D eigenvalue weighted by molar-refractivity contribution is -0.121. The van der Waals surface area contributed by atoms with E-state index in [9.17, 15) is 4.79 Å². The van der Waals surface area contributed by atoms with Gasteiger partial charge >= 0.3 is 0 Å². The maximum atomic E-state index is 12.0. The van der Waals surface area contributed by atoms with Gasteiger partial charge in [0.05, 0.1) is 10.7 Å². The lowest BCUT2D eigenvalue weighted by Crippen LogP contribution is -2.30. The molecule has 1 saturated heterocycles. The minimum atomic E-state index is 0.188. The van der Waals surface area contributed by atoms with Crippen molar-refractivity contribution in [1.29, 1.82) is 0 Å². The summed E-state index contributed by atoms with van der Waals surface area (Å²) in [5.74, 6) is 0.905. The Bertz CT molecular complexity index is 675. The van der Waals surface area contributed by atoms with E-state index in [0.717, 1.165) is 42.2 Å². The van der Waals surface area contributed by atoms with Crippen molar-refractivity contribution >= 4 is 17.2 Å². The number of rotatable bonds is 7. The zero-order valence-electron chi connectivity index (χ0n) is 14.9. The molecule has 1 aliphatic rings. The Balaban J connectivity index is 1.37. The summed E-state index contributed by atoms with van der Waals surface area (Å²) in [6.07, 6.45) is 4.97. The fourth-order valence-corrected chi connectivity index (χ4v) is 3.90. The fourth-order valence-electron chi connectivity index (χ4n) is 3.28. The summed E-state index contributed by atoms with van der Waals surface area (Å²) >= 11 is 1.67. The first kappa shape index (κ1) is 18.1. The number of piperidine rings is 1. The smallest absolute Gasteiger partial charge is 0.220 e. The van der Waals surface area contributed by atoms with Crippen molar-refractivity contribution in [3.63, 3.8) is 0 Å². The number of nitrogens with one attached hydrogen (secondary N) is 2. The van der Waals surface area contributed by atoms with Gasteiger partial charge in [-0.25, -0.2) is 4.98 Å². The van der Waals surface area contributed by atoms with Gasteiger partial charge in [-0.15, -0.1) is 11.3 Å². The average Bonchev–Trinajstić information content (AvgIpc) is 3.08. The molecule has 134 valence electrons. The zero-order valence-corrected chi connectivity index (χ0v) is 15.7. The minimum absolute atomic E-state index is 0.188. The molecular formula is C20H27N3OS. The van der Waals surface area contributed by atoms with E-state index in [1.54, 1.807) is 11.3 Å². The summed E-state index contributed by atoms with van der Waals surface area (Å²) in [5.41, 5.74) is 3.44. The number of aryl methyl sites for hydroxylation is 1. The largest absolute Gasteiger partial charge is 0.356 e. The van der Waals surface area contributed by atoms with Crippen LogP contribution in [0, 0.1) is 12.8 Å². The number of aromatic nitrogens is 1. The van der Waals surface area contributed by atoms with Gasteiger partial charge in [0, 0.05) is 23.9 Å². The van der Waals surface area contributed by atoms with Crippen molar-refractivity contribution in [2.75, 3.05) is 19.6 Å². The first-order valence-corrected chi connectivity index (χ1v) is 10.1. The molecule has 1 amide bonds. The monoisotopic (exact) mass is 357 g/mol. The van der Waals surface area contributed by atoms with Gasteiger partial charge in [0.15, 0.2) is 0 Å². The van der Waals surface area contributed by atoms with Crippen molar-refractivity contribution in [1.82, 2.24) is 15.6 Å². The van der Waals surface area contributed by atoms with Gasteiger partial charge < -0.3 is 10.6 Å². The summed E-state index contributed by atoms with van der Waals surface area (Å²) in [6, 6.07) is 8.49. The summed E-state index contributed by atoms with van der Waals surface area (Å²) in [6.45, 7) is 4.93. The van der Waals surface area contributed by atoms with Crippen LogP contribution in [0.1, 0.15) is 36.3 Å². The fraction of sp³-hybridized carbons (Fsp3) is 0.500. The Labute approximate surface area is 154 Å². The van der Waals surface area contributed by atoms with Crippen LogP contribution in [0.2, 0.25) is 0 Å². The maximum Gasteiger partial charge on any atom is 0.220 e. The molecule has 0 aliphatic carbocycles. The predicted octanol–water partition coefficient (Wildman–Crippen LogP) is 3.56. The molecule has 2 heterocycles. The molecule has 2 N–H and O–H groups in total. The van der Waals surface area contributed by atoms with Gasteiger partial charge in [-0.2, -0.15) is 0 Å². The predicted molar refractivity (Wildman–Crippen MR) is 104 cm³/mol. The molecule has 3 rings (SSSR count). The molecular weight excluding hydrogens is 330 g/mol. The van der Waals surface area contributed by atoms with E-state index in [1.807, 2.05) is 6.92 Å². The van der Waals surface area contributed by atoms with Crippen LogP contribution >= 0.6 is 11.3 Å². The molecule has 1 aliphatic heterocycles. The molecule has 25 heavy (non-hydrogen) atoms. The van der Waals surface area contributed by atoms with Crippen molar-refractivity contribution in [3.8, 4) is 11.3 Å². The van der Waals surface area contributed by atoms with Crippen LogP contribution in [-0.2, 0) is 11.2 Å². The normalized spacial score (nSPS) is 15.2. The first-order chi connectivity index (χ1) is 12.2. The number of benzene rings is 1. The number of amides is 1. The van der Waals surface area contributed by atoms with E-state index in [0.29, 0.717) is 18.9 Å². The Hall–Kier alpha value is -1.72. The van der Waals surface area contributed by atoms with Gasteiger partial charge in [0.1, 0.15) is 0 Å². The van der Waals surface area contributed by atoms with Crippen LogP contribution in [0.5, 0.6) is 0 Å². The zero-order chi connectivity index (χ0) is 17.5. The van der Waals surface area contributed by atoms with Gasteiger partial charge in [-0.1, -0.05) is 24.3 Å². The van der Waals surface area contributed by atoms with E-state index in [1.165, 1.54) is 18.4 Å². The van der Waals surface area contributed by atoms with E-state index >= 15 is 0 Å². The second kappa shape index (κ2) is 9.11. The van der Waals surface area contributed by atoms with E-state index in [-0.39, 0.29) is 5.91 Å². The quantitative estimate of drug-likeness (QED) is 0.797. The molecule has 0 spiro atoms. The highest BCUT2D eigenvalue weighted by Gasteiger charge is 2.14. The highest BCUT2D eigenvalue weighted by atomic mass is 32.1. The van der Waals surface area contributed by atoms with E-state index in [4.69, 9.17) is 0 Å². The number of hydrogen-bond donors (Lipinski definition) is 2. The third-order valence-electron chi connectivity index (χ3n) is 4.84. The molecule has 0 radical (unpaired) electrons. The summed E-state index contributed by atoms with van der Waals surface area (Å²) in [5, 5.41) is 9.60. The molecule has 4 nitrogen and oxygen atoms in total. The third-order valence-corrected chi connectivity index (χ3v) is 5.62. The van der Waals surface area contributed by atoms with Crippen LogP contribution in [0.4, 0.5) is 0 Å². The maximum absolute atomic E-state index is 12.0. The van der Waals surface area contributed by atoms with Gasteiger partial charge in [0.25, 0.3) is 0 Å². The van der Waals surface area contributed by atoms with Crippen LogP contribution in [0.25, 0.3) is 11.3 Å². The Morgan fingerprint density at radius 1 is 1.28 bits per heavy atom. The number of thiazole rings is 1. The topological polar surface area (TPSA) is 54.0 Å². The van der Waals surface area contributed by atoms with Crippen molar-refractivity contribution in [2.24, 2.45) is 5.92 Å². The van der Waals surface area contributed by atoms with Crippen LogP contribution in [-0.4, -0.2) is 30.5 Å². The molecule has 1 fully saturated rings. The molecule has 1 aromatic carbocycles. The third kappa shape index (κ3) is 5.65. The first-order valence-electron chi connectivity index (χ1n) is 9.19. The SMILES string of the molecule is Cc1nc(-c2ccc(CCNC(=O)CCC3CCNCC3)cc2)cs1. The van der Waals surface area contributed by atoms with Gasteiger partial charge in [0.2, 0.25) is 5.91 Å². The highest BCUT2D eigenvalue weighted by molar-refractivity contribution is 7.09. The summed E-state index contributed by atoms with van der Waals surface area (Å²) in [7, 11) is 0. The number of nitrogens with zero attached hydrogens (tertiary/aromatic N) is 1. The van der Waals surface area contributed by atoms with Crippen LogP contribution in [0.15, 0.2) is 29.6 Å². The van der Waals surface area contributed by atoms with Crippen molar-refractivity contribution < 1.29 is 4.79 Å². The average molecular weight is 358 g/mol.